The standard InChI is InChI=1S/C23H22N4O3S/c1-15-8-9-19-20(13-15)31-23(24-19)25-21(28)7-4-12-27-22(29)11-10-18(26-27)16-5-3-6-17(14-16)30-2/h3,5-6,8-11,13-14H,4,7,12H2,1-2H3,(H,24,25,28). The lowest BCUT2D eigenvalue weighted by Crippen LogP contribution is -2.23. The Hall–Kier alpha value is -3.52. The van der Waals surface area contributed by atoms with Gasteiger partial charge in [0.05, 0.1) is 23.0 Å². The van der Waals surface area contributed by atoms with Gasteiger partial charge in [0.1, 0.15) is 5.75 Å². The zero-order chi connectivity index (χ0) is 21.8. The van der Waals surface area contributed by atoms with Crippen LogP contribution in [0.4, 0.5) is 5.13 Å². The van der Waals surface area contributed by atoms with Gasteiger partial charge in [0.2, 0.25) is 5.91 Å². The first-order chi connectivity index (χ1) is 15.0. The molecule has 2 aromatic heterocycles. The van der Waals surface area contributed by atoms with Crippen LogP contribution in [-0.2, 0) is 11.3 Å². The minimum absolute atomic E-state index is 0.132. The molecule has 1 amide bonds. The first-order valence-electron chi connectivity index (χ1n) is 9.91. The average molecular weight is 435 g/mol. The van der Waals surface area contributed by atoms with Crippen LogP contribution in [0.15, 0.2) is 59.4 Å². The maximum atomic E-state index is 12.3. The molecule has 0 aliphatic heterocycles. The number of anilines is 1. The molecule has 4 rings (SSSR count). The first kappa shape index (κ1) is 20.7. The predicted octanol–water partition coefficient (Wildman–Crippen LogP) is 4.26. The molecule has 4 aromatic rings. The molecule has 0 aliphatic rings. The van der Waals surface area contributed by atoms with Crippen molar-refractivity contribution >= 4 is 32.6 Å². The van der Waals surface area contributed by atoms with Gasteiger partial charge in [0.25, 0.3) is 5.56 Å². The molecule has 0 atom stereocenters. The number of rotatable bonds is 7. The summed E-state index contributed by atoms with van der Waals surface area (Å²) in [5.41, 5.74) is 3.36. The largest absolute Gasteiger partial charge is 0.497 e. The van der Waals surface area contributed by atoms with Crippen LogP contribution in [0.5, 0.6) is 5.75 Å². The third-order valence-corrected chi connectivity index (χ3v) is 5.73. The zero-order valence-electron chi connectivity index (χ0n) is 17.3. The van der Waals surface area contributed by atoms with Crippen LogP contribution in [0.25, 0.3) is 21.5 Å². The second-order valence-electron chi connectivity index (χ2n) is 7.15. The van der Waals surface area contributed by atoms with E-state index in [2.05, 4.69) is 21.5 Å². The minimum Gasteiger partial charge on any atom is -0.497 e. The zero-order valence-corrected chi connectivity index (χ0v) is 18.1. The van der Waals surface area contributed by atoms with Gasteiger partial charge < -0.3 is 10.1 Å². The molecule has 0 aliphatic carbocycles. The maximum absolute atomic E-state index is 12.3. The SMILES string of the molecule is COc1cccc(-c2ccc(=O)n(CCCC(=O)Nc3nc4ccc(C)cc4s3)n2)c1. The van der Waals surface area contributed by atoms with E-state index >= 15 is 0 Å². The van der Waals surface area contributed by atoms with Crippen molar-refractivity contribution in [2.24, 2.45) is 0 Å². The summed E-state index contributed by atoms with van der Waals surface area (Å²) in [7, 11) is 1.61. The van der Waals surface area contributed by atoms with Gasteiger partial charge in [-0.3, -0.25) is 9.59 Å². The summed E-state index contributed by atoms with van der Waals surface area (Å²) in [6.07, 6.45) is 0.761. The third-order valence-electron chi connectivity index (χ3n) is 4.80. The van der Waals surface area contributed by atoms with Crippen molar-refractivity contribution in [1.82, 2.24) is 14.8 Å². The van der Waals surface area contributed by atoms with E-state index in [1.165, 1.54) is 22.1 Å². The lowest BCUT2D eigenvalue weighted by molar-refractivity contribution is -0.116. The number of nitrogens with zero attached hydrogens (tertiary/aromatic N) is 3. The van der Waals surface area contributed by atoms with Crippen LogP contribution in [0.3, 0.4) is 0 Å². The Balaban J connectivity index is 1.38. The van der Waals surface area contributed by atoms with Gasteiger partial charge in [-0.05, 0) is 49.2 Å². The molecule has 7 nitrogen and oxygen atoms in total. The molecule has 0 unspecified atom stereocenters. The van der Waals surface area contributed by atoms with Gasteiger partial charge in [0.15, 0.2) is 5.13 Å². The Morgan fingerprint density at radius 2 is 2.03 bits per heavy atom. The summed E-state index contributed by atoms with van der Waals surface area (Å²) in [6, 6.07) is 16.7. The molecule has 8 heteroatoms. The fourth-order valence-corrected chi connectivity index (χ4v) is 4.18. The van der Waals surface area contributed by atoms with E-state index in [1.54, 1.807) is 13.2 Å². The molecule has 2 aromatic carbocycles. The summed E-state index contributed by atoms with van der Waals surface area (Å²) in [5, 5.41) is 7.88. The van der Waals surface area contributed by atoms with Crippen LogP contribution >= 0.6 is 11.3 Å². The van der Waals surface area contributed by atoms with E-state index < -0.39 is 0 Å². The molecule has 0 spiro atoms. The van der Waals surface area contributed by atoms with Crippen LogP contribution < -0.4 is 15.6 Å². The Bertz CT molecular complexity index is 1300. The summed E-state index contributed by atoms with van der Waals surface area (Å²) in [6.45, 7) is 2.37. The molecule has 0 saturated carbocycles. The lowest BCUT2D eigenvalue weighted by Gasteiger charge is -2.08. The summed E-state index contributed by atoms with van der Waals surface area (Å²) in [4.78, 5) is 29.0. The number of nitrogens with one attached hydrogen (secondary N) is 1. The number of carbonyl (C=O) groups is 1. The van der Waals surface area contributed by atoms with Gasteiger partial charge in [-0.15, -0.1) is 0 Å². The predicted molar refractivity (Wildman–Crippen MR) is 123 cm³/mol. The van der Waals surface area contributed by atoms with Crippen molar-refractivity contribution in [3.05, 3.63) is 70.5 Å². The molecule has 158 valence electrons. The van der Waals surface area contributed by atoms with E-state index in [0.717, 1.165) is 27.1 Å². The molecule has 1 N–H and O–H groups in total. The Kier molecular flexibility index (Phi) is 6.08. The van der Waals surface area contributed by atoms with E-state index in [4.69, 9.17) is 4.74 Å². The summed E-state index contributed by atoms with van der Waals surface area (Å²) in [5.74, 6) is 0.589. The highest BCUT2D eigenvalue weighted by atomic mass is 32.1. The van der Waals surface area contributed by atoms with E-state index in [0.29, 0.717) is 23.8 Å². The van der Waals surface area contributed by atoms with Crippen LogP contribution in [0.1, 0.15) is 18.4 Å². The Labute approximate surface area is 183 Å². The molecule has 0 fully saturated rings. The van der Waals surface area contributed by atoms with Crippen molar-refractivity contribution in [3.63, 3.8) is 0 Å². The molecule has 0 radical (unpaired) electrons. The molecule has 0 bridgehead atoms. The maximum Gasteiger partial charge on any atom is 0.266 e. The minimum atomic E-state index is -0.200. The van der Waals surface area contributed by atoms with Gasteiger partial charge in [0, 0.05) is 24.6 Å². The molecule has 0 saturated heterocycles. The molecule has 2 heterocycles. The van der Waals surface area contributed by atoms with Gasteiger partial charge in [-0.25, -0.2) is 9.67 Å². The Morgan fingerprint density at radius 3 is 2.87 bits per heavy atom. The lowest BCUT2D eigenvalue weighted by atomic mass is 10.1. The number of fused-ring (bicyclic) bond motifs is 1. The van der Waals surface area contributed by atoms with Gasteiger partial charge in [-0.1, -0.05) is 29.5 Å². The molecular weight excluding hydrogens is 412 g/mol. The normalized spacial score (nSPS) is 10.9. The van der Waals surface area contributed by atoms with E-state index in [9.17, 15) is 9.59 Å². The smallest absolute Gasteiger partial charge is 0.266 e. The van der Waals surface area contributed by atoms with E-state index in [-0.39, 0.29) is 17.9 Å². The van der Waals surface area contributed by atoms with Crippen molar-refractivity contribution < 1.29 is 9.53 Å². The van der Waals surface area contributed by atoms with Crippen molar-refractivity contribution in [2.75, 3.05) is 12.4 Å². The topological polar surface area (TPSA) is 86.1 Å². The van der Waals surface area contributed by atoms with Crippen molar-refractivity contribution in [3.8, 4) is 17.0 Å². The second kappa shape index (κ2) is 9.09. The highest BCUT2D eigenvalue weighted by Crippen LogP contribution is 2.26. The van der Waals surface area contributed by atoms with Crippen molar-refractivity contribution in [2.45, 2.75) is 26.3 Å². The number of amides is 1. The van der Waals surface area contributed by atoms with E-state index in [1.807, 2.05) is 43.3 Å². The Morgan fingerprint density at radius 1 is 1.16 bits per heavy atom. The average Bonchev–Trinajstić information content (AvgIpc) is 3.16. The highest BCUT2D eigenvalue weighted by Gasteiger charge is 2.09. The van der Waals surface area contributed by atoms with Gasteiger partial charge in [-0.2, -0.15) is 5.10 Å². The molecular formula is C23H22N4O3S. The quantitative estimate of drug-likeness (QED) is 0.470. The number of aromatic nitrogens is 3. The summed E-state index contributed by atoms with van der Waals surface area (Å²) < 4.78 is 7.68. The molecule has 31 heavy (non-hydrogen) atoms. The fourth-order valence-electron chi connectivity index (χ4n) is 3.20. The first-order valence-corrected chi connectivity index (χ1v) is 10.7. The second-order valence-corrected chi connectivity index (χ2v) is 8.18. The third kappa shape index (κ3) is 4.97. The van der Waals surface area contributed by atoms with Gasteiger partial charge >= 0.3 is 0 Å². The van der Waals surface area contributed by atoms with Crippen LogP contribution in [0.2, 0.25) is 0 Å². The van der Waals surface area contributed by atoms with Crippen molar-refractivity contribution in [1.29, 1.82) is 0 Å². The van der Waals surface area contributed by atoms with Crippen LogP contribution in [0, 0.1) is 6.92 Å². The number of carbonyl (C=O) groups excluding carboxylic acids is 1. The number of hydrogen-bond acceptors (Lipinski definition) is 6. The highest BCUT2D eigenvalue weighted by molar-refractivity contribution is 7.22. The fraction of sp³-hybridized carbons (Fsp3) is 0.217. The number of benzene rings is 2. The number of ether oxygens (including phenoxy) is 1. The van der Waals surface area contributed by atoms with Crippen LogP contribution in [-0.4, -0.2) is 27.8 Å². The summed E-state index contributed by atoms with van der Waals surface area (Å²) >= 11 is 1.45. The number of aryl methyl sites for hydroxylation is 2. The number of thiazole rings is 1. The number of methoxy groups -OCH3 is 1. The monoisotopic (exact) mass is 434 g/mol. The number of hydrogen-bond donors (Lipinski definition) is 1.